The van der Waals surface area contributed by atoms with Crippen molar-refractivity contribution >= 4 is 0 Å². The Balaban J connectivity index is 1.70. The predicted octanol–water partition coefficient (Wildman–Crippen LogP) is 5.98. The quantitative estimate of drug-likeness (QED) is 0.436. The average Bonchev–Trinajstić information content (AvgIpc) is 2.49. The fourth-order valence-corrected chi connectivity index (χ4v) is 4.20. The van der Waals surface area contributed by atoms with E-state index in [4.69, 9.17) is 0 Å². The van der Waals surface area contributed by atoms with Crippen molar-refractivity contribution < 1.29 is 0 Å². The summed E-state index contributed by atoms with van der Waals surface area (Å²) in [7, 11) is 0. The van der Waals surface area contributed by atoms with E-state index in [0.717, 1.165) is 17.8 Å². The Morgan fingerprint density at radius 1 is 0.900 bits per heavy atom. The van der Waals surface area contributed by atoms with E-state index in [2.05, 4.69) is 30.9 Å². The molecule has 0 amide bonds. The smallest absolute Gasteiger partial charge is 0.0203 e. The largest absolute Gasteiger partial charge is 0.106 e. The van der Waals surface area contributed by atoms with Crippen LogP contribution >= 0.6 is 0 Å². The van der Waals surface area contributed by atoms with Crippen LogP contribution in [-0.2, 0) is 0 Å². The molecule has 0 radical (unpaired) electrons. The van der Waals surface area contributed by atoms with E-state index in [1.807, 2.05) is 6.92 Å². The standard InChI is InChI=1S/C20H32/c1-3-5-6-8-18-11-15-20(16-12-18)19-13-9-17(7-4-2)10-14-19/h6,8,17-20H,3,5,9-16H2,1-2H3. The number of hydrogen-bond donors (Lipinski definition) is 0. The Morgan fingerprint density at radius 2 is 1.50 bits per heavy atom. The highest BCUT2D eigenvalue weighted by molar-refractivity contribution is 5.02. The van der Waals surface area contributed by atoms with Gasteiger partial charge in [-0.1, -0.05) is 25.5 Å². The van der Waals surface area contributed by atoms with Gasteiger partial charge in [0.15, 0.2) is 0 Å². The van der Waals surface area contributed by atoms with Crippen LogP contribution in [0, 0.1) is 35.5 Å². The number of hydrogen-bond acceptors (Lipinski definition) is 0. The number of unbranched alkanes of at least 4 members (excludes halogenated alkanes) is 1. The van der Waals surface area contributed by atoms with Crippen molar-refractivity contribution in [2.75, 3.05) is 0 Å². The van der Waals surface area contributed by atoms with Crippen molar-refractivity contribution in [3.8, 4) is 11.8 Å². The van der Waals surface area contributed by atoms with Gasteiger partial charge >= 0.3 is 0 Å². The van der Waals surface area contributed by atoms with Gasteiger partial charge in [-0.2, -0.15) is 0 Å². The maximum absolute atomic E-state index is 3.38. The molecular weight excluding hydrogens is 240 g/mol. The van der Waals surface area contributed by atoms with Crippen molar-refractivity contribution in [3.05, 3.63) is 12.2 Å². The first kappa shape index (κ1) is 15.7. The molecule has 0 N–H and O–H groups in total. The van der Waals surface area contributed by atoms with Crippen LogP contribution in [0.3, 0.4) is 0 Å². The van der Waals surface area contributed by atoms with Gasteiger partial charge in [-0.05, 0) is 82.5 Å². The summed E-state index contributed by atoms with van der Waals surface area (Å²) in [5.41, 5.74) is 0. The monoisotopic (exact) mass is 272 g/mol. The van der Waals surface area contributed by atoms with Gasteiger partial charge in [-0.25, -0.2) is 0 Å². The summed E-state index contributed by atoms with van der Waals surface area (Å²) in [6.45, 7) is 4.25. The van der Waals surface area contributed by atoms with Crippen LogP contribution in [0.4, 0.5) is 0 Å². The molecule has 0 atom stereocenters. The molecular formula is C20H32. The molecule has 0 aromatic carbocycles. The van der Waals surface area contributed by atoms with Crippen molar-refractivity contribution in [2.45, 2.75) is 78.1 Å². The van der Waals surface area contributed by atoms with Crippen molar-refractivity contribution in [2.24, 2.45) is 23.7 Å². The average molecular weight is 272 g/mol. The minimum atomic E-state index is 0.713. The maximum Gasteiger partial charge on any atom is 0.0203 e. The van der Waals surface area contributed by atoms with Gasteiger partial charge in [-0.3, -0.25) is 0 Å². The molecule has 2 saturated carbocycles. The molecule has 2 fully saturated rings. The lowest BCUT2D eigenvalue weighted by Gasteiger charge is -2.36. The zero-order valence-corrected chi connectivity index (χ0v) is 13.5. The molecule has 0 heteroatoms. The lowest BCUT2D eigenvalue weighted by molar-refractivity contribution is 0.168. The van der Waals surface area contributed by atoms with Crippen LogP contribution in [-0.4, -0.2) is 0 Å². The molecule has 112 valence electrons. The topological polar surface area (TPSA) is 0 Å². The van der Waals surface area contributed by atoms with Gasteiger partial charge in [0.25, 0.3) is 0 Å². The molecule has 0 nitrogen and oxygen atoms in total. The Kier molecular flexibility index (Phi) is 6.71. The molecule has 0 aliphatic heterocycles. The van der Waals surface area contributed by atoms with E-state index in [1.54, 1.807) is 0 Å². The zero-order chi connectivity index (χ0) is 14.2. The van der Waals surface area contributed by atoms with E-state index in [-0.39, 0.29) is 0 Å². The van der Waals surface area contributed by atoms with Crippen LogP contribution in [0.25, 0.3) is 0 Å². The minimum absolute atomic E-state index is 0.713. The Labute approximate surface area is 126 Å². The highest BCUT2D eigenvalue weighted by Crippen LogP contribution is 2.41. The van der Waals surface area contributed by atoms with Gasteiger partial charge in [0.05, 0.1) is 0 Å². The highest BCUT2D eigenvalue weighted by atomic mass is 14.3. The minimum Gasteiger partial charge on any atom is -0.106 e. The number of allylic oxidation sites excluding steroid dienone is 2. The summed E-state index contributed by atoms with van der Waals surface area (Å²) >= 11 is 0. The first-order valence-corrected chi connectivity index (χ1v) is 8.92. The predicted molar refractivity (Wildman–Crippen MR) is 88.4 cm³/mol. The first-order chi connectivity index (χ1) is 9.83. The third-order valence-corrected chi connectivity index (χ3v) is 5.47. The van der Waals surface area contributed by atoms with E-state index in [0.29, 0.717) is 5.92 Å². The molecule has 0 spiro atoms. The summed E-state index contributed by atoms with van der Waals surface area (Å²) in [6.07, 6.45) is 18.9. The molecule has 0 aromatic heterocycles. The summed E-state index contributed by atoms with van der Waals surface area (Å²) in [5.74, 6) is 10.1. The molecule has 0 saturated heterocycles. The Morgan fingerprint density at radius 3 is 2.05 bits per heavy atom. The second-order valence-electron chi connectivity index (χ2n) is 6.90. The second kappa shape index (κ2) is 8.56. The maximum atomic E-state index is 3.38. The van der Waals surface area contributed by atoms with E-state index in [1.165, 1.54) is 64.2 Å². The summed E-state index contributed by atoms with van der Waals surface area (Å²) < 4.78 is 0. The van der Waals surface area contributed by atoms with Crippen LogP contribution in [0.1, 0.15) is 78.1 Å². The SMILES string of the molecule is CC#CC1CCC(C2CCC(C=CCCC)CC2)CC1. The van der Waals surface area contributed by atoms with Gasteiger partial charge in [0, 0.05) is 5.92 Å². The summed E-state index contributed by atoms with van der Waals surface area (Å²) in [5, 5.41) is 0. The second-order valence-corrected chi connectivity index (χ2v) is 6.90. The molecule has 2 aliphatic rings. The molecule has 2 aliphatic carbocycles. The van der Waals surface area contributed by atoms with Gasteiger partial charge in [0.1, 0.15) is 0 Å². The molecule has 2 rings (SSSR count). The van der Waals surface area contributed by atoms with E-state index >= 15 is 0 Å². The molecule has 0 unspecified atom stereocenters. The van der Waals surface area contributed by atoms with Crippen molar-refractivity contribution in [1.29, 1.82) is 0 Å². The van der Waals surface area contributed by atoms with Crippen LogP contribution in [0.15, 0.2) is 12.2 Å². The van der Waals surface area contributed by atoms with Crippen LogP contribution in [0.5, 0.6) is 0 Å². The van der Waals surface area contributed by atoms with Crippen molar-refractivity contribution in [1.82, 2.24) is 0 Å². The van der Waals surface area contributed by atoms with E-state index < -0.39 is 0 Å². The molecule has 0 aromatic rings. The van der Waals surface area contributed by atoms with Gasteiger partial charge in [0.2, 0.25) is 0 Å². The van der Waals surface area contributed by atoms with Crippen LogP contribution in [0.2, 0.25) is 0 Å². The van der Waals surface area contributed by atoms with Crippen molar-refractivity contribution in [3.63, 3.8) is 0 Å². The highest BCUT2D eigenvalue weighted by Gasteiger charge is 2.29. The third-order valence-electron chi connectivity index (χ3n) is 5.47. The fraction of sp³-hybridized carbons (Fsp3) is 0.800. The first-order valence-electron chi connectivity index (χ1n) is 8.92. The Hall–Kier alpha value is -0.700. The normalized spacial score (nSPS) is 34.7. The third kappa shape index (κ3) is 4.69. The lowest BCUT2D eigenvalue weighted by Crippen LogP contribution is -2.25. The lowest BCUT2D eigenvalue weighted by atomic mass is 9.69. The van der Waals surface area contributed by atoms with Gasteiger partial charge in [-0.15, -0.1) is 11.8 Å². The zero-order valence-electron chi connectivity index (χ0n) is 13.5. The molecule has 0 bridgehead atoms. The van der Waals surface area contributed by atoms with Gasteiger partial charge < -0.3 is 0 Å². The molecule has 0 heterocycles. The summed E-state index contributed by atoms with van der Waals surface area (Å²) in [6, 6.07) is 0. The number of rotatable bonds is 4. The summed E-state index contributed by atoms with van der Waals surface area (Å²) in [4.78, 5) is 0. The van der Waals surface area contributed by atoms with Crippen LogP contribution < -0.4 is 0 Å². The molecule has 20 heavy (non-hydrogen) atoms. The Bertz CT molecular complexity index is 338. The fourth-order valence-electron chi connectivity index (χ4n) is 4.20. The van der Waals surface area contributed by atoms with E-state index in [9.17, 15) is 0 Å².